The molecule has 0 radical (unpaired) electrons. The number of nitrogens with one attached hydrogen (secondary N) is 1. The Morgan fingerprint density at radius 1 is 1.41 bits per heavy atom. The molecule has 1 aromatic carbocycles. The number of amides is 2. The highest BCUT2D eigenvalue weighted by molar-refractivity contribution is 5.92. The SMILES string of the molecule is CC(=O)NCC1CN(c2cc(F)c(C(=O)O)c(F)c2)C(=O)O1. The average molecular weight is 314 g/mol. The number of anilines is 1. The topological polar surface area (TPSA) is 95.9 Å². The number of halogens is 2. The molecule has 118 valence electrons. The Hall–Kier alpha value is -2.71. The maximum Gasteiger partial charge on any atom is 0.414 e. The number of carboxylic acids is 1. The molecule has 1 aliphatic heterocycles. The Balaban J connectivity index is 2.20. The summed E-state index contributed by atoms with van der Waals surface area (Å²) < 4.78 is 32.2. The smallest absolute Gasteiger partial charge is 0.414 e. The van der Waals surface area contributed by atoms with Gasteiger partial charge in [0.15, 0.2) is 0 Å². The predicted octanol–water partition coefficient (Wildman–Crippen LogP) is 1.12. The predicted molar refractivity (Wildman–Crippen MR) is 69.6 cm³/mol. The van der Waals surface area contributed by atoms with E-state index in [0.717, 1.165) is 17.0 Å². The highest BCUT2D eigenvalue weighted by Gasteiger charge is 2.33. The average Bonchev–Trinajstić information content (AvgIpc) is 2.76. The number of benzene rings is 1. The van der Waals surface area contributed by atoms with Gasteiger partial charge in [0.25, 0.3) is 0 Å². The van der Waals surface area contributed by atoms with Gasteiger partial charge in [0.2, 0.25) is 5.91 Å². The van der Waals surface area contributed by atoms with Crippen molar-refractivity contribution in [1.82, 2.24) is 5.32 Å². The third kappa shape index (κ3) is 3.13. The first-order valence-corrected chi connectivity index (χ1v) is 6.24. The molecule has 0 saturated carbocycles. The van der Waals surface area contributed by atoms with Gasteiger partial charge in [-0.3, -0.25) is 9.69 Å². The monoisotopic (exact) mass is 314 g/mol. The minimum absolute atomic E-state index is 0.0234. The van der Waals surface area contributed by atoms with Crippen molar-refractivity contribution in [3.05, 3.63) is 29.3 Å². The largest absolute Gasteiger partial charge is 0.477 e. The lowest BCUT2D eigenvalue weighted by atomic mass is 10.1. The van der Waals surface area contributed by atoms with E-state index in [1.807, 2.05) is 0 Å². The number of nitrogens with zero attached hydrogens (tertiary/aromatic N) is 1. The summed E-state index contributed by atoms with van der Waals surface area (Å²) in [5.41, 5.74) is -1.25. The fourth-order valence-electron chi connectivity index (χ4n) is 2.02. The van der Waals surface area contributed by atoms with Crippen molar-refractivity contribution < 1.29 is 33.0 Å². The van der Waals surface area contributed by atoms with Crippen LogP contribution in [0.1, 0.15) is 17.3 Å². The number of hydrogen-bond donors (Lipinski definition) is 2. The van der Waals surface area contributed by atoms with Crippen LogP contribution in [0.5, 0.6) is 0 Å². The van der Waals surface area contributed by atoms with Gasteiger partial charge in [0.1, 0.15) is 23.3 Å². The van der Waals surface area contributed by atoms with Crippen molar-refractivity contribution in [1.29, 1.82) is 0 Å². The van der Waals surface area contributed by atoms with Crippen LogP contribution in [0.4, 0.5) is 19.3 Å². The molecule has 1 fully saturated rings. The summed E-state index contributed by atoms with van der Waals surface area (Å²) in [4.78, 5) is 34.2. The molecule has 1 aliphatic rings. The summed E-state index contributed by atoms with van der Waals surface area (Å²) in [5.74, 6) is -4.63. The summed E-state index contributed by atoms with van der Waals surface area (Å²) in [6, 6.07) is 1.49. The molecule has 0 spiro atoms. The standard InChI is InChI=1S/C13H12F2N2O5/c1-6(18)16-4-8-5-17(13(21)22-8)7-2-9(14)11(12(19)20)10(15)3-7/h2-3,8H,4-5H2,1H3,(H,16,18)(H,19,20). The molecular formula is C13H12F2N2O5. The van der Waals surface area contributed by atoms with Gasteiger partial charge in [-0.2, -0.15) is 0 Å². The van der Waals surface area contributed by atoms with Crippen LogP contribution < -0.4 is 10.2 Å². The van der Waals surface area contributed by atoms with Crippen LogP contribution in [-0.2, 0) is 9.53 Å². The number of ether oxygens (including phenoxy) is 1. The zero-order valence-electron chi connectivity index (χ0n) is 11.4. The normalized spacial score (nSPS) is 17.3. The molecule has 2 amide bonds. The Morgan fingerprint density at radius 3 is 2.50 bits per heavy atom. The Bertz CT molecular complexity index is 626. The molecule has 0 aliphatic carbocycles. The van der Waals surface area contributed by atoms with Gasteiger partial charge < -0.3 is 15.2 Å². The van der Waals surface area contributed by atoms with Crippen LogP contribution in [0, 0.1) is 11.6 Å². The van der Waals surface area contributed by atoms with Crippen LogP contribution in [0.25, 0.3) is 0 Å². The minimum Gasteiger partial charge on any atom is -0.477 e. The second-order valence-corrected chi connectivity index (χ2v) is 4.64. The molecule has 1 heterocycles. The Labute approximate surface area is 123 Å². The van der Waals surface area contributed by atoms with Gasteiger partial charge in [-0.25, -0.2) is 18.4 Å². The summed E-state index contributed by atoms with van der Waals surface area (Å²) in [7, 11) is 0. The van der Waals surface area contributed by atoms with Crippen LogP contribution >= 0.6 is 0 Å². The fraction of sp³-hybridized carbons (Fsp3) is 0.308. The van der Waals surface area contributed by atoms with Crippen molar-refractivity contribution in [3.8, 4) is 0 Å². The van der Waals surface area contributed by atoms with Gasteiger partial charge in [-0.1, -0.05) is 0 Å². The van der Waals surface area contributed by atoms with E-state index in [-0.39, 0.29) is 24.7 Å². The summed E-state index contributed by atoms with van der Waals surface area (Å²) in [5, 5.41) is 11.2. The number of carbonyl (C=O) groups excluding carboxylic acids is 2. The van der Waals surface area contributed by atoms with Crippen molar-refractivity contribution in [2.45, 2.75) is 13.0 Å². The zero-order chi connectivity index (χ0) is 16.4. The maximum atomic E-state index is 13.6. The van der Waals surface area contributed by atoms with E-state index in [0.29, 0.717) is 0 Å². The lowest BCUT2D eigenvalue weighted by molar-refractivity contribution is -0.119. The molecule has 9 heteroatoms. The Kier molecular flexibility index (Phi) is 4.25. The van der Waals surface area contributed by atoms with E-state index in [1.54, 1.807) is 0 Å². The van der Waals surface area contributed by atoms with E-state index in [2.05, 4.69) is 5.32 Å². The molecule has 1 unspecified atom stereocenters. The van der Waals surface area contributed by atoms with Gasteiger partial charge in [0.05, 0.1) is 18.8 Å². The van der Waals surface area contributed by atoms with Crippen LogP contribution in [-0.4, -0.2) is 42.3 Å². The number of cyclic esters (lactones) is 1. The van der Waals surface area contributed by atoms with E-state index < -0.39 is 35.4 Å². The van der Waals surface area contributed by atoms with Gasteiger partial charge in [0, 0.05) is 6.92 Å². The van der Waals surface area contributed by atoms with E-state index >= 15 is 0 Å². The molecule has 0 bridgehead atoms. The highest BCUT2D eigenvalue weighted by Crippen LogP contribution is 2.26. The van der Waals surface area contributed by atoms with E-state index in [9.17, 15) is 23.2 Å². The van der Waals surface area contributed by atoms with Crippen molar-refractivity contribution in [2.75, 3.05) is 18.0 Å². The number of hydrogen-bond acceptors (Lipinski definition) is 4. The van der Waals surface area contributed by atoms with E-state index in [4.69, 9.17) is 9.84 Å². The molecule has 1 aromatic rings. The first-order valence-electron chi connectivity index (χ1n) is 6.24. The van der Waals surface area contributed by atoms with Crippen LogP contribution in [0.15, 0.2) is 12.1 Å². The number of rotatable bonds is 4. The maximum absolute atomic E-state index is 13.6. The second kappa shape index (κ2) is 5.96. The van der Waals surface area contributed by atoms with E-state index in [1.165, 1.54) is 6.92 Å². The van der Waals surface area contributed by atoms with Gasteiger partial charge in [-0.05, 0) is 12.1 Å². The summed E-state index contributed by atoms with van der Waals surface area (Å²) in [6.45, 7) is 1.34. The molecular weight excluding hydrogens is 302 g/mol. The first-order chi connectivity index (χ1) is 10.3. The molecule has 1 saturated heterocycles. The van der Waals surface area contributed by atoms with Crippen LogP contribution in [0.2, 0.25) is 0 Å². The van der Waals surface area contributed by atoms with Crippen molar-refractivity contribution in [2.24, 2.45) is 0 Å². The zero-order valence-corrected chi connectivity index (χ0v) is 11.4. The van der Waals surface area contributed by atoms with Crippen LogP contribution in [0.3, 0.4) is 0 Å². The minimum atomic E-state index is -1.74. The quantitative estimate of drug-likeness (QED) is 0.868. The second-order valence-electron chi connectivity index (χ2n) is 4.64. The molecule has 2 rings (SSSR count). The highest BCUT2D eigenvalue weighted by atomic mass is 19.1. The first kappa shape index (κ1) is 15.7. The Morgan fingerprint density at radius 2 is 2.00 bits per heavy atom. The molecule has 22 heavy (non-hydrogen) atoms. The molecule has 2 N–H and O–H groups in total. The van der Waals surface area contributed by atoms with Crippen molar-refractivity contribution >= 4 is 23.7 Å². The summed E-state index contributed by atoms with van der Waals surface area (Å²) in [6.07, 6.45) is -1.50. The molecule has 7 nitrogen and oxygen atoms in total. The summed E-state index contributed by atoms with van der Waals surface area (Å²) >= 11 is 0. The fourth-order valence-corrected chi connectivity index (χ4v) is 2.02. The number of aromatic carboxylic acids is 1. The van der Waals surface area contributed by atoms with Gasteiger partial charge in [-0.15, -0.1) is 0 Å². The molecule has 1 atom stereocenters. The third-order valence-electron chi connectivity index (χ3n) is 3.01. The lowest BCUT2D eigenvalue weighted by Crippen LogP contribution is -2.33. The number of carbonyl (C=O) groups is 3. The lowest BCUT2D eigenvalue weighted by Gasteiger charge is -2.14. The third-order valence-corrected chi connectivity index (χ3v) is 3.01. The van der Waals surface area contributed by atoms with Crippen molar-refractivity contribution in [3.63, 3.8) is 0 Å². The number of carboxylic acid groups (broad SMARTS) is 1. The van der Waals surface area contributed by atoms with Gasteiger partial charge >= 0.3 is 12.1 Å². The molecule has 0 aromatic heterocycles.